The summed E-state index contributed by atoms with van der Waals surface area (Å²) >= 11 is 0. The van der Waals surface area contributed by atoms with E-state index in [0.29, 0.717) is 12.2 Å². The average Bonchev–Trinajstić information content (AvgIpc) is 2.88. The lowest BCUT2D eigenvalue weighted by molar-refractivity contribution is 0.0779. The van der Waals surface area contributed by atoms with Crippen LogP contribution in [0.25, 0.3) is 0 Å². The number of H-pyrrole nitrogens is 1. The second-order valence-electron chi connectivity index (χ2n) is 4.68. The highest BCUT2D eigenvalue weighted by Crippen LogP contribution is 2.08. The van der Waals surface area contributed by atoms with Crippen molar-refractivity contribution in [1.29, 1.82) is 0 Å². The number of aryl methyl sites for hydroxylation is 1. The van der Waals surface area contributed by atoms with Gasteiger partial charge < -0.3 is 4.90 Å². The lowest BCUT2D eigenvalue weighted by Gasteiger charge is -2.15. The lowest BCUT2D eigenvalue weighted by atomic mass is 10.2. The van der Waals surface area contributed by atoms with Crippen LogP contribution in [0.2, 0.25) is 0 Å². The predicted molar refractivity (Wildman–Crippen MR) is 74.8 cm³/mol. The standard InChI is InChI=1S/C15H19N3O/c1-3-7-13-10-14(17-16-13)15(19)18(2)11-12-8-5-4-6-9-12/h4-6,8-10H,3,7,11H2,1-2H3,(H,16,17). The monoisotopic (exact) mass is 257 g/mol. The third-order valence-electron chi connectivity index (χ3n) is 2.98. The van der Waals surface area contributed by atoms with Crippen molar-refractivity contribution in [3.8, 4) is 0 Å². The maximum atomic E-state index is 12.2. The largest absolute Gasteiger partial charge is 0.336 e. The van der Waals surface area contributed by atoms with E-state index in [4.69, 9.17) is 0 Å². The van der Waals surface area contributed by atoms with Crippen LogP contribution in [-0.2, 0) is 13.0 Å². The van der Waals surface area contributed by atoms with Crippen molar-refractivity contribution in [3.05, 3.63) is 53.3 Å². The molecule has 1 aromatic heterocycles. The minimum absolute atomic E-state index is 0.0533. The molecule has 0 aliphatic rings. The van der Waals surface area contributed by atoms with Crippen LogP contribution in [0.1, 0.15) is 35.1 Å². The number of carbonyl (C=O) groups excluding carboxylic acids is 1. The quantitative estimate of drug-likeness (QED) is 0.895. The van der Waals surface area contributed by atoms with Crippen molar-refractivity contribution >= 4 is 5.91 Å². The normalized spacial score (nSPS) is 10.4. The van der Waals surface area contributed by atoms with Gasteiger partial charge in [-0.3, -0.25) is 9.89 Å². The Balaban J connectivity index is 2.02. The van der Waals surface area contributed by atoms with Crippen LogP contribution >= 0.6 is 0 Å². The Morgan fingerprint density at radius 1 is 1.32 bits per heavy atom. The molecule has 1 aromatic carbocycles. The van der Waals surface area contributed by atoms with E-state index in [0.717, 1.165) is 24.1 Å². The number of hydrogen-bond donors (Lipinski definition) is 1. The number of rotatable bonds is 5. The van der Waals surface area contributed by atoms with E-state index >= 15 is 0 Å². The highest BCUT2D eigenvalue weighted by molar-refractivity contribution is 5.92. The molecule has 100 valence electrons. The molecular weight excluding hydrogens is 238 g/mol. The Morgan fingerprint density at radius 3 is 2.74 bits per heavy atom. The molecule has 0 radical (unpaired) electrons. The molecule has 1 N–H and O–H groups in total. The molecule has 0 aliphatic carbocycles. The van der Waals surface area contributed by atoms with Gasteiger partial charge in [0, 0.05) is 19.3 Å². The predicted octanol–water partition coefficient (Wildman–Crippen LogP) is 2.63. The Labute approximate surface area is 113 Å². The summed E-state index contributed by atoms with van der Waals surface area (Å²) in [4.78, 5) is 13.9. The molecule has 0 saturated heterocycles. The minimum atomic E-state index is -0.0533. The molecule has 0 bridgehead atoms. The number of amides is 1. The van der Waals surface area contributed by atoms with Gasteiger partial charge in [0.2, 0.25) is 0 Å². The van der Waals surface area contributed by atoms with Crippen molar-refractivity contribution in [3.63, 3.8) is 0 Å². The maximum Gasteiger partial charge on any atom is 0.274 e. The Morgan fingerprint density at radius 2 is 2.05 bits per heavy atom. The Hall–Kier alpha value is -2.10. The first kappa shape index (κ1) is 13.3. The lowest BCUT2D eigenvalue weighted by Crippen LogP contribution is -2.26. The molecule has 1 heterocycles. The first-order chi connectivity index (χ1) is 9.20. The summed E-state index contributed by atoms with van der Waals surface area (Å²) in [6.07, 6.45) is 1.96. The van der Waals surface area contributed by atoms with Crippen molar-refractivity contribution in [2.45, 2.75) is 26.3 Å². The van der Waals surface area contributed by atoms with Gasteiger partial charge in [-0.25, -0.2) is 0 Å². The van der Waals surface area contributed by atoms with Crippen LogP contribution in [0, 0.1) is 0 Å². The Bertz CT molecular complexity index is 533. The molecule has 0 unspecified atom stereocenters. The number of hydrogen-bond acceptors (Lipinski definition) is 2. The highest BCUT2D eigenvalue weighted by Gasteiger charge is 2.15. The van der Waals surface area contributed by atoms with Crippen molar-refractivity contribution < 1.29 is 4.79 Å². The number of aromatic nitrogens is 2. The molecule has 0 fully saturated rings. The summed E-state index contributed by atoms with van der Waals surface area (Å²) in [6.45, 7) is 2.69. The molecule has 2 aromatic rings. The minimum Gasteiger partial charge on any atom is -0.336 e. The fourth-order valence-electron chi connectivity index (χ4n) is 1.99. The van der Waals surface area contributed by atoms with Gasteiger partial charge in [0.15, 0.2) is 0 Å². The molecule has 4 nitrogen and oxygen atoms in total. The van der Waals surface area contributed by atoms with Gasteiger partial charge in [-0.1, -0.05) is 43.7 Å². The van der Waals surface area contributed by atoms with Gasteiger partial charge in [0.05, 0.1) is 0 Å². The summed E-state index contributed by atoms with van der Waals surface area (Å²) < 4.78 is 0. The van der Waals surface area contributed by atoms with E-state index < -0.39 is 0 Å². The topological polar surface area (TPSA) is 49.0 Å². The third-order valence-corrected chi connectivity index (χ3v) is 2.98. The molecule has 0 saturated carbocycles. The van der Waals surface area contributed by atoms with Crippen molar-refractivity contribution in [2.24, 2.45) is 0 Å². The van der Waals surface area contributed by atoms with E-state index in [1.807, 2.05) is 36.4 Å². The zero-order chi connectivity index (χ0) is 13.7. The van der Waals surface area contributed by atoms with Gasteiger partial charge in [-0.15, -0.1) is 0 Å². The average molecular weight is 257 g/mol. The van der Waals surface area contributed by atoms with Crippen molar-refractivity contribution in [2.75, 3.05) is 7.05 Å². The van der Waals surface area contributed by atoms with Gasteiger partial charge in [0.25, 0.3) is 5.91 Å². The number of carbonyl (C=O) groups is 1. The van der Waals surface area contributed by atoms with Gasteiger partial charge in [-0.2, -0.15) is 5.10 Å². The van der Waals surface area contributed by atoms with Crippen molar-refractivity contribution in [1.82, 2.24) is 15.1 Å². The molecule has 0 aliphatic heterocycles. The summed E-state index contributed by atoms with van der Waals surface area (Å²) in [5.41, 5.74) is 2.61. The summed E-state index contributed by atoms with van der Waals surface area (Å²) in [5, 5.41) is 6.99. The van der Waals surface area contributed by atoms with E-state index in [1.165, 1.54) is 0 Å². The van der Waals surface area contributed by atoms with Crippen LogP contribution in [0.4, 0.5) is 0 Å². The third kappa shape index (κ3) is 3.44. The first-order valence-corrected chi connectivity index (χ1v) is 6.54. The van der Waals surface area contributed by atoms with Crippen LogP contribution in [0.5, 0.6) is 0 Å². The van der Waals surface area contributed by atoms with Crippen LogP contribution in [-0.4, -0.2) is 28.1 Å². The molecule has 2 rings (SSSR count). The van der Waals surface area contributed by atoms with Crippen LogP contribution in [0.3, 0.4) is 0 Å². The second-order valence-corrected chi connectivity index (χ2v) is 4.68. The highest BCUT2D eigenvalue weighted by atomic mass is 16.2. The summed E-state index contributed by atoms with van der Waals surface area (Å²) in [6, 6.07) is 11.8. The second kappa shape index (κ2) is 6.18. The maximum absolute atomic E-state index is 12.2. The van der Waals surface area contributed by atoms with Gasteiger partial charge >= 0.3 is 0 Å². The molecular formula is C15H19N3O. The van der Waals surface area contributed by atoms with E-state index in [2.05, 4.69) is 17.1 Å². The first-order valence-electron chi connectivity index (χ1n) is 6.54. The molecule has 19 heavy (non-hydrogen) atoms. The van der Waals surface area contributed by atoms with E-state index in [-0.39, 0.29) is 5.91 Å². The summed E-state index contributed by atoms with van der Waals surface area (Å²) in [7, 11) is 1.80. The zero-order valence-corrected chi connectivity index (χ0v) is 11.4. The molecule has 0 atom stereocenters. The van der Waals surface area contributed by atoms with Crippen LogP contribution < -0.4 is 0 Å². The fraction of sp³-hybridized carbons (Fsp3) is 0.333. The van der Waals surface area contributed by atoms with Crippen LogP contribution in [0.15, 0.2) is 36.4 Å². The van der Waals surface area contributed by atoms with Gasteiger partial charge in [0.1, 0.15) is 5.69 Å². The number of aromatic amines is 1. The smallest absolute Gasteiger partial charge is 0.274 e. The number of nitrogens with one attached hydrogen (secondary N) is 1. The van der Waals surface area contributed by atoms with E-state index in [1.54, 1.807) is 11.9 Å². The SMILES string of the molecule is CCCc1cc(C(=O)N(C)Cc2ccccc2)n[nH]1. The zero-order valence-electron chi connectivity index (χ0n) is 11.4. The van der Waals surface area contributed by atoms with Gasteiger partial charge in [-0.05, 0) is 18.1 Å². The molecule has 1 amide bonds. The number of benzene rings is 1. The number of nitrogens with zero attached hydrogens (tertiary/aromatic N) is 2. The molecule has 4 heteroatoms. The summed E-state index contributed by atoms with van der Waals surface area (Å²) in [5.74, 6) is -0.0533. The van der Waals surface area contributed by atoms with E-state index in [9.17, 15) is 4.79 Å². The Kier molecular flexibility index (Phi) is 4.34. The fourth-order valence-corrected chi connectivity index (χ4v) is 1.99. The molecule has 0 spiro atoms.